The van der Waals surface area contributed by atoms with E-state index in [9.17, 15) is 0 Å². The third kappa shape index (κ3) is 2.68. The summed E-state index contributed by atoms with van der Waals surface area (Å²) in [7, 11) is 0. The van der Waals surface area contributed by atoms with Crippen molar-refractivity contribution in [2.75, 3.05) is 0 Å². The Morgan fingerprint density at radius 3 is 2.59 bits per heavy atom. The molecule has 0 bridgehead atoms. The van der Waals surface area contributed by atoms with Crippen LogP contribution in [0.3, 0.4) is 0 Å². The van der Waals surface area contributed by atoms with E-state index in [1.807, 2.05) is 24.3 Å². The molecule has 1 aromatic carbocycles. The molecular weight excluding hydrogens is 214 g/mol. The van der Waals surface area contributed by atoms with Gasteiger partial charge in [0.05, 0.1) is 6.54 Å². The molecule has 0 unspecified atom stereocenters. The third-order valence-corrected chi connectivity index (χ3v) is 2.84. The van der Waals surface area contributed by atoms with Crippen LogP contribution < -0.4 is 10.5 Å². The summed E-state index contributed by atoms with van der Waals surface area (Å²) >= 11 is 0. The van der Waals surface area contributed by atoms with Crippen molar-refractivity contribution in [1.29, 1.82) is 0 Å². The zero-order chi connectivity index (χ0) is 12.3. The maximum Gasteiger partial charge on any atom is 0.146 e. The van der Waals surface area contributed by atoms with Crippen LogP contribution in [0.4, 0.5) is 0 Å². The molecule has 0 fully saturated rings. The van der Waals surface area contributed by atoms with Crippen LogP contribution in [-0.4, -0.2) is 0 Å². The molecule has 0 atom stereocenters. The van der Waals surface area contributed by atoms with Crippen LogP contribution in [0.1, 0.15) is 22.6 Å². The number of aryl methyl sites for hydroxylation is 1. The number of furan rings is 1. The molecule has 17 heavy (non-hydrogen) atoms. The molecular formula is C14H17NO2. The smallest absolute Gasteiger partial charge is 0.146 e. The maximum atomic E-state index is 5.73. The van der Waals surface area contributed by atoms with Crippen molar-refractivity contribution in [2.45, 2.75) is 27.0 Å². The predicted octanol–water partition coefficient (Wildman–Crippen LogP) is 2.93. The topological polar surface area (TPSA) is 48.4 Å². The van der Waals surface area contributed by atoms with Crippen LogP contribution in [-0.2, 0) is 13.2 Å². The van der Waals surface area contributed by atoms with Crippen LogP contribution >= 0.6 is 0 Å². The van der Waals surface area contributed by atoms with Crippen molar-refractivity contribution in [3.05, 3.63) is 53.0 Å². The second-order valence-corrected chi connectivity index (χ2v) is 4.06. The summed E-state index contributed by atoms with van der Waals surface area (Å²) in [6.45, 7) is 4.98. The highest BCUT2D eigenvalue weighted by atomic mass is 16.5. The Bertz CT molecular complexity index is 503. The summed E-state index contributed by atoms with van der Waals surface area (Å²) in [5.41, 5.74) is 7.87. The van der Waals surface area contributed by atoms with E-state index in [2.05, 4.69) is 19.9 Å². The van der Waals surface area contributed by atoms with Crippen LogP contribution in [0.25, 0.3) is 0 Å². The second kappa shape index (κ2) is 5.06. The third-order valence-electron chi connectivity index (χ3n) is 2.84. The quantitative estimate of drug-likeness (QED) is 0.880. The zero-order valence-electron chi connectivity index (χ0n) is 10.2. The molecule has 3 heteroatoms. The Balaban J connectivity index is 2.04. The number of nitrogens with two attached hydrogens (primary N) is 1. The lowest BCUT2D eigenvalue weighted by molar-refractivity contribution is 0.264. The van der Waals surface area contributed by atoms with Crippen molar-refractivity contribution in [3.8, 4) is 5.75 Å². The van der Waals surface area contributed by atoms with Gasteiger partial charge in [0.25, 0.3) is 0 Å². The molecule has 0 aliphatic heterocycles. The van der Waals surface area contributed by atoms with Gasteiger partial charge >= 0.3 is 0 Å². The fraction of sp³-hybridized carbons (Fsp3) is 0.286. The Labute approximate surface area is 101 Å². The lowest BCUT2D eigenvalue weighted by Gasteiger charge is -2.09. The van der Waals surface area contributed by atoms with Gasteiger partial charge in [-0.1, -0.05) is 12.1 Å². The minimum Gasteiger partial charge on any atom is -0.485 e. The first-order chi connectivity index (χ1) is 8.20. The van der Waals surface area contributed by atoms with Crippen LogP contribution in [0.2, 0.25) is 0 Å². The van der Waals surface area contributed by atoms with Crippen molar-refractivity contribution in [2.24, 2.45) is 5.73 Å². The Morgan fingerprint density at radius 2 is 1.88 bits per heavy atom. The van der Waals surface area contributed by atoms with Crippen LogP contribution in [0.5, 0.6) is 5.75 Å². The number of benzene rings is 1. The monoisotopic (exact) mass is 231 g/mol. The molecule has 0 amide bonds. The summed E-state index contributed by atoms with van der Waals surface area (Å²) in [6.07, 6.45) is 0. The van der Waals surface area contributed by atoms with Crippen molar-refractivity contribution in [1.82, 2.24) is 0 Å². The van der Waals surface area contributed by atoms with Gasteiger partial charge in [0.1, 0.15) is 23.9 Å². The van der Waals surface area contributed by atoms with E-state index >= 15 is 0 Å². The van der Waals surface area contributed by atoms with E-state index in [-0.39, 0.29) is 0 Å². The fourth-order valence-electron chi connectivity index (χ4n) is 1.64. The van der Waals surface area contributed by atoms with Crippen molar-refractivity contribution < 1.29 is 9.15 Å². The van der Waals surface area contributed by atoms with Gasteiger partial charge in [-0.25, -0.2) is 0 Å². The standard InChI is InChI=1S/C14H17NO2/c1-10-4-3-5-14(11(10)2)16-9-13-7-6-12(8-15)17-13/h3-7H,8-9,15H2,1-2H3. The SMILES string of the molecule is Cc1cccc(OCc2ccc(CN)o2)c1C. The van der Waals surface area contributed by atoms with Crippen molar-refractivity contribution in [3.63, 3.8) is 0 Å². The minimum absolute atomic E-state index is 0.420. The van der Waals surface area contributed by atoms with Gasteiger partial charge in [0.2, 0.25) is 0 Å². The van der Waals surface area contributed by atoms with Gasteiger partial charge in [-0.3, -0.25) is 0 Å². The number of hydrogen-bond donors (Lipinski definition) is 1. The average molecular weight is 231 g/mol. The first kappa shape index (κ1) is 11.7. The average Bonchev–Trinajstić information content (AvgIpc) is 2.79. The molecule has 1 heterocycles. The molecule has 0 spiro atoms. The highest BCUT2D eigenvalue weighted by Gasteiger charge is 2.04. The van der Waals surface area contributed by atoms with Gasteiger partial charge in [0, 0.05) is 0 Å². The summed E-state index contributed by atoms with van der Waals surface area (Å²) in [4.78, 5) is 0. The van der Waals surface area contributed by atoms with Gasteiger partial charge < -0.3 is 14.9 Å². The van der Waals surface area contributed by atoms with E-state index in [0.717, 1.165) is 22.8 Å². The normalized spacial score (nSPS) is 10.5. The molecule has 1 aromatic heterocycles. The largest absolute Gasteiger partial charge is 0.485 e. The molecule has 2 aromatic rings. The summed E-state index contributed by atoms with van der Waals surface area (Å²) < 4.78 is 11.2. The Hall–Kier alpha value is -1.74. The summed E-state index contributed by atoms with van der Waals surface area (Å²) in [5.74, 6) is 2.48. The van der Waals surface area contributed by atoms with Gasteiger partial charge in [-0.15, -0.1) is 0 Å². The molecule has 0 saturated heterocycles. The number of ether oxygens (including phenoxy) is 1. The highest BCUT2D eigenvalue weighted by molar-refractivity contribution is 5.38. The van der Waals surface area contributed by atoms with Crippen LogP contribution in [0.15, 0.2) is 34.7 Å². The first-order valence-electron chi connectivity index (χ1n) is 5.67. The Morgan fingerprint density at radius 1 is 1.12 bits per heavy atom. The fourth-order valence-corrected chi connectivity index (χ4v) is 1.64. The molecule has 3 nitrogen and oxygen atoms in total. The van der Waals surface area contributed by atoms with Gasteiger partial charge in [-0.2, -0.15) is 0 Å². The summed E-state index contributed by atoms with van der Waals surface area (Å²) in [5, 5.41) is 0. The molecule has 2 rings (SSSR count). The molecule has 2 N–H and O–H groups in total. The number of rotatable bonds is 4. The predicted molar refractivity (Wildman–Crippen MR) is 66.8 cm³/mol. The minimum atomic E-state index is 0.420. The lowest BCUT2D eigenvalue weighted by atomic mass is 10.1. The first-order valence-corrected chi connectivity index (χ1v) is 5.67. The second-order valence-electron chi connectivity index (χ2n) is 4.06. The molecule has 0 radical (unpaired) electrons. The highest BCUT2D eigenvalue weighted by Crippen LogP contribution is 2.22. The van der Waals surface area contributed by atoms with Crippen molar-refractivity contribution >= 4 is 0 Å². The molecule has 90 valence electrons. The van der Waals surface area contributed by atoms with E-state index in [1.54, 1.807) is 0 Å². The van der Waals surface area contributed by atoms with E-state index < -0.39 is 0 Å². The van der Waals surface area contributed by atoms with Crippen LogP contribution in [0, 0.1) is 13.8 Å². The maximum absolute atomic E-state index is 5.73. The van der Waals surface area contributed by atoms with Gasteiger partial charge in [-0.05, 0) is 43.2 Å². The van der Waals surface area contributed by atoms with E-state index in [0.29, 0.717) is 13.2 Å². The zero-order valence-corrected chi connectivity index (χ0v) is 10.2. The molecule has 0 saturated carbocycles. The van der Waals surface area contributed by atoms with E-state index in [4.69, 9.17) is 14.9 Å². The number of hydrogen-bond acceptors (Lipinski definition) is 3. The molecule has 0 aliphatic carbocycles. The Kier molecular flexibility index (Phi) is 3.49. The summed E-state index contributed by atoms with van der Waals surface area (Å²) in [6, 6.07) is 9.80. The van der Waals surface area contributed by atoms with E-state index in [1.165, 1.54) is 5.56 Å². The molecule has 0 aliphatic rings. The van der Waals surface area contributed by atoms with Gasteiger partial charge in [0.15, 0.2) is 0 Å². The lowest BCUT2D eigenvalue weighted by Crippen LogP contribution is -1.97.